The van der Waals surface area contributed by atoms with Gasteiger partial charge < -0.3 is 0 Å². The molecule has 6 nitrogen and oxygen atoms in total. The van der Waals surface area contributed by atoms with Crippen LogP contribution in [0, 0.1) is 13.8 Å². The third-order valence-electron chi connectivity index (χ3n) is 8.57. The monoisotopic (exact) mass is 582 g/mol. The van der Waals surface area contributed by atoms with Crippen molar-refractivity contribution in [2.75, 3.05) is 0 Å². The van der Waals surface area contributed by atoms with Crippen LogP contribution in [0.2, 0.25) is 0 Å². The van der Waals surface area contributed by atoms with Crippen molar-refractivity contribution in [2.24, 2.45) is 0 Å². The fraction of sp³-hybridized carbons (Fsp3) is 0.128. The molecule has 4 aromatic heterocycles. The van der Waals surface area contributed by atoms with E-state index in [0.717, 1.165) is 108 Å². The minimum Gasteiger partial charge on any atom is -0.251 e. The van der Waals surface area contributed by atoms with E-state index in [1.54, 1.807) is 0 Å². The molecule has 8 aromatic rings. The number of benzene rings is 4. The lowest BCUT2D eigenvalue weighted by Crippen LogP contribution is -1.98. The van der Waals surface area contributed by atoms with Crippen LogP contribution in [0.1, 0.15) is 28.9 Å². The highest BCUT2D eigenvalue weighted by Gasteiger charge is 2.12. The van der Waals surface area contributed by atoms with Crippen LogP contribution in [0.5, 0.6) is 0 Å². The number of fused-ring (bicyclic) bond motifs is 6. The highest BCUT2D eigenvalue weighted by atomic mass is 14.9. The Morgan fingerprint density at radius 3 is 1.29 bits per heavy atom. The molecule has 4 heterocycles. The van der Waals surface area contributed by atoms with Crippen LogP contribution in [0.15, 0.2) is 109 Å². The van der Waals surface area contributed by atoms with Gasteiger partial charge in [-0.05, 0) is 56.4 Å². The van der Waals surface area contributed by atoms with E-state index in [1.807, 2.05) is 36.7 Å². The fourth-order valence-corrected chi connectivity index (χ4v) is 6.07. The summed E-state index contributed by atoms with van der Waals surface area (Å²) < 4.78 is 0. The molecule has 0 aliphatic rings. The summed E-state index contributed by atoms with van der Waals surface area (Å²) in [6.07, 6.45) is 6.43. The smallest absolute Gasteiger partial charge is 0.160 e. The summed E-state index contributed by atoms with van der Waals surface area (Å²) in [4.78, 5) is 29.5. The Balaban J connectivity index is 1.08. The minimum atomic E-state index is 0.728. The first-order chi connectivity index (χ1) is 22.1. The van der Waals surface area contributed by atoms with Crippen molar-refractivity contribution in [1.29, 1.82) is 0 Å². The molecule has 4 aromatic carbocycles. The van der Waals surface area contributed by atoms with Gasteiger partial charge in [-0.15, -0.1) is 0 Å². The lowest BCUT2D eigenvalue weighted by atomic mass is 10.1. The van der Waals surface area contributed by atoms with Gasteiger partial charge >= 0.3 is 0 Å². The Hall–Kier alpha value is -5.62. The molecule has 0 N–H and O–H groups in total. The summed E-state index contributed by atoms with van der Waals surface area (Å²) in [6.45, 7) is 4.18. The summed E-state index contributed by atoms with van der Waals surface area (Å²) in [5.74, 6) is 1.46. The maximum absolute atomic E-state index is 5.10. The molecular weight excluding hydrogens is 552 g/mol. The van der Waals surface area contributed by atoms with Crippen LogP contribution >= 0.6 is 0 Å². The first-order valence-corrected chi connectivity index (χ1v) is 15.3. The van der Waals surface area contributed by atoms with Crippen molar-refractivity contribution in [3.8, 4) is 22.8 Å². The van der Waals surface area contributed by atoms with Crippen molar-refractivity contribution in [3.63, 3.8) is 0 Å². The van der Waals surface area contributed by atoms with Crippen LogP contribution in [-0.2, 0) is 12.8 Å². The Morgan fingerprint density at radius 1 is 0.422 bits per heavy atom. The molecule has 0 amide bonds. The van der Waals surface area contributed by atoms with E-state index in [1.165, 1.54) is 0 Å². The predicted molar refractivity (Wildman–Crippen MR) is 182 cm³/mol. The van der Waals surface area contributed by atoms with E-state index in [9.17, 15) is 0 Å². The molecule has 0 spiro atoms. The summed E-state index contributed by atoms with van der Waals surface area (Å²) in [5, 5.41) is 4.14. The molecule has 0 fully saturated rings. The van der Waals surface area contributed by atoms with Crippen LogP contribution in [0.4, 0.5) is 0 Å². The molecule has 0 bridgehead atoms. The Labute approximate surface area is 260 Å². The molecule has 0 saturated heterocycles. The number of nitrogens with zero attached hydrogens (tertiary/aromatic N) is 6. The Kier molecular flexibility index (Phi) is 6.68. The van der Waals surface area contributed by atoms with Gasteiger partial charge in [0.2, 0.25) is 0 Å². The summed E-state index contributed by atoms with van der Waals surface area (Å²) in [5.41, 5.74) is 10.1. The predicted octanol–water partition coefficient (Wildman–Crippen LogP) is 8.80. The zero-order chi connectivity index (χ0) is 30.3. The van der Waals surface area contributed by atoms with Gasteiger partial charge in [-0.25, -0.2) is 19.9 Å². The molecule has 216 valence electrons. The SMILES string of the molecule is Cc1ccccc1-c1ncc2ccc3ccc(CCCc4ccc5ccc6cnc(-c7ccccc7C)nc6c5n4)nc3c2n1. The van der Waals surface area contributed by atoms with Gasteiger partial charge in [0, 0.05) is 56.5 Å². The Morgan fingerprint density at radius 2 is 0.822 bits per heavy atom. The van der Waals surface area contributed by atoms with E-state index in [-0.39, 0.29) is 0 Å². The molecule has 0 atom stereocenters. The second-order valence-electron chi connectivity index (χ2n) is 11.6. The topological polar surface area (TPSA) is 77.3 Å². The van der Waals surface area contributed by atoms with Crippen LogP contribution in [-0.4, -0.2) is 29.9 Å². The third-order valence-corrected chi connectivity index (χ3v) is 8.57. The zero-order valence-corrected chi connectivity index (χ0v) is 25.2. The molecule has 6 heteroatoms. The zero-order valence-electron chi connectivity index (χ0n) is 25.2. The second-order valence-corrected chi connectivity index (χ2v) is 11.6. The first kappa shape index (κ1) is 27.0. The van der Waals surface area contributed by atoms with Gasteiger partial charge in [0.05, 0.1) is 11.0 Å². The quantitative estimate of drug-likeness (QED) is 0.182. The third kappa shape index (κ3) is 5.04. The fourth-order valence-electron chi connectivity index (χ4n) is 6.07. The normalized spacial score (nSPS) is 11.6. The van der Waals surface area contributed by atoms with E-state index in [4.69, 9.17) is 19.9 Å². The van der Waals surface area contributed by atoms with Crippen LogP contribution < -0.4 is 0 Å². The molecule has 8 rings (SSSR count). The van der Waals surface area contributed by atoms with E-state index < -0.39 is 0 Å². The van der Waals surface area contributed by atoms with Crippen LogP contribution in [0.3, 0.4) is 0 Å². The van der Waals surface area contributed by atoms with Gasteiger partial charge in [-0.3, -0.25) is 9.97 Å². The van der Waals surface area contributed by atoms with Crippen molar-refractivity contribution >= 4 is 43.6 Å². The molecule has 0 aliphatic heterocycles. The summed E-state index contributed by atoms with van der Waals surface area (Å²) in [6, 6.07) is 33.4. The largest absolute Gasteiger partial charge is 0.251 e. The average molecular weight is 583 g/mol. The molecular formula is C39H30N6. The van der Waals surface area contributed by atoms with Gasteiger partial charge in [0.15, 0.2) is 11.6 Å². The van der Waals surface area contributed by atoms with Gasteiger partial charge in [0.25, 0.3) is 0 Å². The number of rotatable bonds is 6. The highest BCUT2D eigenvalue weighted by Crippen LogP contribution is 2.28. The average Bonchev–Trinajstić information content (AvgIpc) is 3.08. The van der Waals surface area contributed by atoms with Gasteiger partial charge in [-0.2, -0.15) is 0 Å². The number of hydrogen-bond donors (Lipinski definition) is 0. The maximum atomic E-state index is 5.10. The molecule has 45 heavy (non-hydrogen) atoms. The lowest BCUT2D eigenvalue weighted by molar-refractivity contribution is 0.788. The van der Waals surface area contributed by atoms with E-state index in [2.05, 4.69) is 96.6 Å². The van der Waals surface area contributed by atoms with E-state index >= 15 is 0 Å². The number of hydrogen-bond acceptors (Lipinski definition) is 6. The molecule has 0 saturated carbocycles. The van der Waals surface area contributed by atoms with Crippen LogP contribution in [0.25, 0.3) is 66.4 Å². The summed E-state index contributed by atoms with van der Waals surface area (Å²) in [7, 11) is 0. The van der Waals surface area contributed by atoms with Crippen molar-refractivity contribution in [1.82, 2.24) is 29.9 Å². The molecule has 0 unspecified atom stereocenters. The number of aromatic nitrogens is 6. The molecule has 0 aliphatic carbocycles. The molecule has 0 radical (unpaired) electrons. The van der Waals surface area contributed by atoms with Gasteiger partial charge in [-0.1, -0.05) is 84.9 Å². The standard InChI is InChI=1S/C39H30N6/c1-24-8-3-5-12-32(24)38-40-22-28-16-14-26-18-20-30(42-34(26)36(28)44-38)10-7-11-31-21-19-27-15-17-29-23-41-39(45-37(29)35(27)43-31)33-13-6-4-9-25(33)2/h3-6,8-9,12-23H,7,10-11H2,1-2H3. The van der Waals surface area contributed by atoms with E-state index in [0.29, 0.717) is 0 Å². The van der Waals surface area contributed by atoms with Crippen molar-refractivity contribution in [3.05, 3.63) is 132 Å². The summed E-state index contributed by atoms with van der Waals surface area (Å²) >= 11 is 0. The maximum Gasteiger partial charge on any atom is 0.160 e. The Bertz CT molecular complexity index is 2230. The van der Waals surface area contributed by atoms with Gasteiger partial charge in [0.1, 0.15) is 11.0 Å². The van der Waals surface area contributed by atoms with Crippen molar-refractivity contribution in [2.45, 2.75) is 33.1 Å². The number of aryl methyl sites for hydroxylation is 4. The second kappa shape index (κ2) is 11.1. The lowest BCUT2D eigenvalue weighted by Gasteiger charge is -2.09. The number of pyridine rings is 2. The minimum absolute atomic E-state index is 0.728. The first-order valence-electron chi connectivity index (χ1n) is 15.3. The van der Waals surface area contributed by atoms with Crippen molar-refractivity contribution < 1.29 is 0 Å². The highest BCUT2D eigenvalue weighted by molar-refractivity contribution is 6.04.